The number of nitrogens with zero attached hydrogens (tertiary/aromatic N) is 4. The minimum absolute atomic E-state index is 0.0161. The summed E-state index contributed by atoms with van der Waals surface area (Å²) >= 11 is 1.53. The minimum atomic E-state index is -0.206. The van der Waals surface area contributed by atoms with Gasteiger partial charge in [-0.3, -0.25) is 14.7 Å². The van der Waals surface area contributed by atoms with E-state index >= 15 is 0 Å². The zero-order valence-electron chi connectivity index (χ0n) is 17.6. The van der Waals surface area contributed by atoms with E-state index in [4.69, 9.17) is 9.72 Å². The van der Waals surface area contributed by atoms with E-state index in [-0.39, 0.29) is 24.5 Å². The van der Waals surface area contributed by atoms with Crippen molar-refractivity contribution in [3.63, 3.8) is 0 Å². The quantitative estimate of drug-likeness (QED) is 0.660. The third-order valence-corrected chi connectivity index (χ3v) is 6.39. The molecular weight excluding hydrogens is 414 g/mol. The minimum Gasteiger partial charge on any atom is -0.484 e. The molecule has 1 N–H and O–H groups in total. The Kier molecular flexibility index (Phi) is 6.31. The number of hydrogen-bond acceptors (Lipinski definition) is 6. The van der Waals surface area contributed by atoms with E-state index in [1.165, 1.54) is 11.3 Å². The summed E-state index contributed by atoms with van der Waals surface area (Å²) in [6, 6.07) is 9.08. The van der Waals surface area contributed by atoms with Crippen molar-refractivity contribution in [2.45, 2.75) is 26.3 Å². The molecule has 1 aliphatic rings. The number of amides is 2. The molecule has 0 aliphatic carbocycles. The second kappa shape index (κ2) is 9.30. The van der Waals surface area contributed by atoms with Gasteiger partial charge in [-0.05, 0) is 25.5 Å². The average molecular weight is 440 g/mol. The molecule has 1 aromatic carbocycles. The third-order valence-electron chi connectivity index (χ3n) is 5.44. The summed E-state index contributed by atoms with van der Waals surface area (Å²) in [5.74, 6) is 0.553. The molecule has 9 heteroatoms. The molecule has 8 nitrogen and oxygen atoms in total. The van der Waals surface area contributed by atoms with E-state index in [1.807, 2.05) is 42.6 Å². The number of aryl methyl sites for hydroxylation is 1. The second-order valence-corrected chi connectivity index (χ2v) is 8.37. The summed E-state index contributed by atoms with van der Waals surface area (Å²) in [5.41, 5.74) is 2.74. The Bertz CT molecular complexity index is 1050. The predicted octanol–water partition coefficient (Wildman–Crippen LogP) is 3.04. The van der Waals surface area contributed by atoms with Crippen molar-refractivity contribution >= 4 is 23.2 Å². The number of carbonyl (C=O) groups is 2. The number of aromatic amines is 1. The topological polar surface area (TPSA) is 91.4 Å². The second-order valence-electron chi connectivity index (χ2n) is 7.48. The van der Waals surface area contributed by atoms with Crippen LogP contribution in [0.5, 0.6) is 5.75 Å². The van der Waals surface area contributed by atoms with Crippen molar-refractivity contribution in [2.24, 2.45) is 0 Å². The highest BCUT2D eigenvalue weighted by molar-refractivity contribution is 7.10. The fourth-order valence-corrected chi connectivity index (χ4v) is 4.68. The first-order valence-corrected chi connectivity index (χ1v) is 11.1. The SMILES string of the molecule is CC(=O)N1CCC(c2nc(-c3cn[nH]c3C)cs2)N(C(=O)COc2ccccc2)CC1. The highest BCUT2D eigenvalue weighted by Crippen LogP contribution is 2.33. The molecule has 1 unspecified atom stereocenters. The molecule has 2 amide bonds. The maximum Gasteiger partial charge on any atom is 0.261 e. The number of hydrogen-bond donors (Lipinski definition) is 1. The normalized spacial score (nSPS) is 16.8. The van der Waals surface area contributed by atoms with Crippen LogP contribution in [0, 0.1) is 6.92 Å². The lowest BCUT2D eigenvalue weighted by atomic mass is 10.1. The average Bonchev–Trinajstić information content (AvgIpc) is 3.35. The Labute approximate surface area is 184 Å². The lowest BCUT2D eigenvalue weighted by Crippen LogP contribution is -2.40. The first-order valence-electron chi connectivity index (χ1n) is 10.2. The zero-order chi connectivity index (χ0) is 21.8. The Morgan fingerprint density at radius 1 is 1.23 bits per heavy atom. The summed E-state index contributed by atoms with van der Waals surface area (Å²) < 4.78 is 5.70. The van der Waals surface area contributed by atoms with Gasteiger partial charge in [-0.1, -0.05) is 18.2 Å². The molecule has 31 heavy (non-hydrogen) atoms. The van der Waals surface area contributed by atoms with Crippen molar-refractivity contribution in [3.8, 4) is 17.0 Å². The number of aromatic nitrogens is 3. The maximum absolute atomic E-state index is 13.1. The van der Waals surface area contributed by atoms with Gasteiger partial charge in [-0.2, -0.15) is 5.10 Å². The van der Waals surface area contributed by atoms with Crippen LogP contribution in [0.4, 0.5) is 0 Å². The summed E-state index contributed by atoms with van der Waals surface area (Å²) in [7, 11) is 0. The molecule has 3 heterocycles. The lowest BCUT2D eigenvalue weighted by Gasteiger charge is -2.28. The Morgan fingerprint density at radius 2 is 2.03 bits per heavy atom. The van der Waals surface area contributed by atoms with Crippen molar-refractivity contribution < 1.29 is 14.3 Å². The highest BCUT2D eigenvalue weighted by atomic mass is 32.1. The van der Waals surface area contributed by atoms with Crippen LogP contribution in [0.2, 0.25) is 0 Å². The van der Waals surface area contributed by atoms with E-state index < -0.39 is 0 Å². The smallest absolute Gasteiger partial charge is 0.261 e. The number of ether oxygens (including phenoxy) is 1. The van der Waals surface area contributed by atoms with Crippen molar-refractivity contribution in [1.29, 1.82) is 0 Å². The van der Waals surface area contributed by atoms with Crippen LogP contribution >= 0.6 is 11.3 Å². The van der Waals surface area contributed by atoms with Crippen LogP contribution in [0.25, 0.3) is 11.3 Å². The van der Waals surface area contributed by atoms with E-state index in [1.54, 1.807) is 22.9 Å². The fraction of sp³-hybridized carbons (Fsp3) is 0.364. The molecule has 0 spiro atoms. The number of carbonyl (C=O) groups excluding carboxylic acids is 2. The molecular formula is C22H25N5O3S. The van der Waals surface area contributed by atoms with E-state index in [9.17, 15) is 9.59 Å². The molecule has 0 bridgehead atoms. The van der Waals surface area contributed by atoms with Crippen LogP contribution in [-0.4, -0.2) is 63.0 Å². The summed E-state index contributed by atoms with van der Waals surface area (Å²) in [4.78, 5) is 33.5. The molecule has 3 aromatic rings. The lowest BCUT2D eigenvalue weighted by molar-refractivity contribution is -0.136. The van der Waals surface area contributed by atoms with Crippen LogP contribution in [-0.2, 0) is 9.59 Å². The number of thiazole rings is 1. The molecule has 1 atom stereocenters. The summed E-state index contributed by atoms with van der Waals surface area (Å²) in [6.45, 7) is 4.99. The van der Waals surface area contributed by atoms with Crippen LogP contribution in [0.3, 0.4) is 0 Å². The molecule has 0 radical (unpaired) electrons. The predicted molar refractivity (Wildman–Crippen MR) is 118 cm³/mol. The molecule has 2 aromatic heterocycles. The Morgan fingerprint density at radius 3 is 2.74 bits per heavy atom. The Balaban J connectivity index is 1.56. The molecule has 4 rings (SSSR count). The number of rotatable bonds is 5. The molecule has 1 fully saturated rings. The van der Waals surface area contributed by atoms with Gasteiger partial charge >= 0.3 is 0 Å². The van der Waals surface area contributed by atoms with Crippen molar-refractivity contribution in [3.05, 3.63) is 52.6 Å². The van der Waals surface area contributed by atoms with Crippen LogP contribution < -0.4 is 4.74 Å². The van der Waals surface area contributed by atoms with Crippen LogP contribution in [0.15, 0.2) is 41.9 Å². The number of H-pyrrole nitrogens is 1. The molecule has 0 saturated carbocycles. The van der Waals surface area contributed by atoms with Crippen molar-refractivity contribution in [1.82, 2.24) is 25.0 Å². The first-order chi connectivity index (χ1) is 15.0. The van der Waals surface area contributed by atoms with Gasteiger partial charge in [0.1, 0.15) is 10.8 Å². The van der Waals surface area contributed by atoms with E-state index in [2.05, 4.69) is 10.2 Å². The third kappa shape index (κ3) is 4.77. The van der Waals surface area contributed by atoms with Gasteiger partial charge in [-0.15, -0.1) is 11.3 Å². The molecule has 162 valence electrons. The van der Waals surface area contributed by atoms with Gasteiger partial charge in [0.25, 0.3) is 5.91 Å². The van der Waals surface area contributed by atoms with E-state index in [0.29, 0.717) is 31.8 Å². The zero-order valence-corrected chi connectivity index (χ0v) is 18.4. The highest BCUT2D eigenvalue weighted by Gasteiger charge is 2.32. The molecule has 1 saturated heterocycles. The van der Waals surface area contributed by atoms with Gasteiger partial charge in [0.05, 0.1) is 17.9 Å². The fourth-order valence-electron chi connectivity index (χ4n) is 3.72. The van der Waals surface area contributed by atoms with E-state index in [0.717, 1.165) is 22.0 Å². The largest absolute Gasteiger partial charge is 0.484 e. The summed E-state index contributed by atoms with van der Waals surface area (Å²) in [5, 5.41) is 9.85. The van der Waals surface area contributed by atoms with Crippen molar-refractivity contribution in [2.75, 3.05) is 26.2 Å². The van der Waals surface area contributed by atoms with Gasteiger partial charge in [0.2, 0.25) is 5.91 Å². The number of para-hydroxylation sites is 1. The van der Waals surface area contributed by atoms with Gasteiger partial charge in [0, 0.05) is 43.2 Å². The Hall–Kier alpha value is -3.20. The standard InChI is InChI=1S/C22H25N5O3S/c1-15-18(12-23-25-15)19-14-31-22(24-19)20-8-9-26(16(2)28)10-11-27(20)21(29)13-30-17-6-4-3-5-7-17/h3-7,12,14,20H,8-11,13H2,1-2H3,(H,23,25). The number of benzene rings is 1. The molecule has 1 aliphatic heterocycles. The van der Waals surface area contributed by atoms with Crippen LogP contribution in [0.1, 0.15) is 30.1 Å². The van der Waals surface area contributed by atoms with Gasteiger partial charge < -0.3 is 14.5 Å². The van der Waals surface area contributed by atoms with Gasteiger partial charge in [-0.25, -0.2) is 4.98 Å². The monoisotopic (exact) mass is 439 g/mol. The first kappa shape index (κ1) is 21.0. The summed E-state index contributed by atoms with van der Waals surface area (Å²) in [6.07, 6.45) is 2.39. The number of nitrogens with one attached hydrogen (secondary N) is 1. The van der Waals surface area contributed by atoms with Gasteiger partial charge in [0.15, 0.2) is 6.61 Å². The maximum atomic E-state index is 13.1.